The monoisotopic (exact) mass is 308 g/mol. The van der Waals surface area contributed by atoms with Crippen LogP contribution in [0.1, 0.15) is 26.2 Å². The van der Waals surface area contributed by atoms with E-state index in [0.29, 0.717) is 5.50 Å². The van der Waals surface area contributed by atoms with Crippen LogP contribution in [0.15, 0.2) is 4.99 Å². The molecule has 2 heterocycles. The number of rotatable bonds is 5. The third-order valence-electron chi connectivity index (χ3n) is 3.28. The lowest BCUT2D eigenvalue weighted by Gasteiger charge is -2.18. The van der Waals surface area contributed by atoms with Crippen LogP contribution in [-0.4, -0.2) is 65.8 Å². The summed E-state index contributed by atoms with van der Waals surface area (Å²) >= 11 is 0. The van der Waals surface area contributed by atoms with Crippen LogP contribution in [0, 0.1) is 0 Å². The van der Waals surface area contributed by atoms with Crippen molar-refractivity contribution in [2.75, 3.05) is 40.4 Å². The average molecular weight is 308 g/mol. The minimum absolute atomic E-state index is 0. The molecule has 2 rings (SSSR count). The van der Waals surface area contributed by atoms with Gasteiger partial charge in [0.05, 0.1) is 6.67 Å². The second kappa shape index (κ2) is 8.34. The van der Waals surface area contributed by atoms with Crippen LogP contribution in [0.4, 0.5) is 4.70 Å². The van der Waals surface area contributed by atoms with Gasteiger partial charge in [-0.15, -0.1) is 0 Å². The number of nitrogens with zero attached hydrogens (tertiary/aromatic N) is 4. The molecule has 4 nitrogen and oxygen atoms in total. The van der Waals surface area contributed by atoms with E-state index in [4.69, 9.17) is 4.99 Å². The Kier molecular flexibility index (Phi) is 7.49. The Balaban J connectivity index is 0.00000180. The molecule has 0 aromatic heterocycles. The second-order valence-corrected chi connectivity index (χ2v) is 7.33. The molecule has 112 valence electrons. The largest absolute Gasteiger partial charge is 0.336 e. The average Bonchev–Trinajstić information content (AvgIpc) is 2.97. The summed E-state index contributed by atoms with van der Waals surface area (Å²) in [6, 6.07) is 0. The summed E-state index contributed by atoms with van der Waals surface area (Å²) in [7, 11) is 7.86. The van der Waals surface area contributed by atoms with Gasteiger partial charge in [0.2, 0.25) is 0 Å². The quantitative estimate of drug-likeness (QED) is 0.573. The normalized spacial score (nSPS) is 23.9. The van der Waals surface area contributed by atoms with Gasteiger partial charge in [0.15, 0.2) is 10.7 Å². The van der Waals surface area contributed by atoms with Gasteiger partial charge in [0.25, 0.3) is 0 Å². The third-order valence-corrected chi connectivity index (χ3v) is 5.84. The van der Waals surface area contributed by atoms with Gasteiger partial charge in [-0.2, -0.15) is 0 Å². The standard InChI is InChI=1S/C12H24N4S2.FH/c1-4-5-6-7-15-8-9-16(10-15)12-13-11(14(2)3)17-18-12;/h11H,4-10H2,1-3H3;1H. The van der Waals surface area contributed by atoms with E-state index in [-0.39, 0.29) is 4.70 Å². The molecular weight excluding hydrogens is 283 g/mol. The van der Waals surface area contributed by atoms with Gasteiger partial charge in [-0.1, -0.05) is 19.8 Å². The molecule has 0 radical (unpaired) electrons. The maximum absolute atomic E-state index is 4.77. The molecule has 1 unspecified atom stereocenters. The Morgan fingerprint density at radius 3 is 2.74 bits per heavy atom. The highest BCUT2D eigenvalue weighted by molar-refractivity contribution is 8.82. The van der Waals surface area contributed by atoms with Crippen molar-refractivity contribution in [1.82, 2.24) is 14.7 Å². The Morgan fingerprint density at radius 2 is 2.11 bits per heavy atom. The van der Waals surface area contributed by atoms with Crippen molar-refractivity contribution < 1.29 is 4.70 Å². The van der Waals surface area contributed by atoms with Gasteiger partial charge in [-0.25, -0.2) is 4.99 Å². The summed E-state index contributed by atoms with van der Waals surface area (Å²) in [5.74, 6) is 0. The Labute approximate surface area is 123 Å². The molecule has 0 amide bonds. The summed E-state index contributed by atoms with van der Waals surface area (Å²) in [5.41, 5.74) is 0.291. The molecule has 2 aliphatic rings. The fourth-order valence-electron chi connectivity index (χ4n) is 2.13. The van der Waals surface area contributed by atoms with Crippen LogP contribution in [-0.2, 0) is 0 Å². The van der Waals surface area contributed by atoms with Crippen LogP contribution >= 0.6 is 21.6 Å². The fourth-order valence-corrected chi connectivity index (χ4v) is 4.69. The smallest absolute Gasteiger partial charge is 0.173 e. The maximum atomic E-state index is 4.77. The van der Waals surface area contributed by atoms with E-state index in [0.717, 1.165) is 13.2 Å². The number of hydrogen-bond acceptors (Lipinski definition) is 6. The highest BCUT2D eigenvalue weighted by atomic mass is 33.1. The molecule has 0 spiro atoms. The van der Waals surface area contributed by atoms with E-state index < -0.39 is 0 Å². The molecule has 1 atom stereocenters. The van der Waals surface area contributed by atoms with Gasteiger partial charge in [0.1, 0.15) is 0 Å². The highest BCUT2D eigenvalue weighted by Gasteiger charge is 2.29. The zero-order valence-electron chi connectivity index (χ0n) is 12.0. The number of unbranched alkanes of at least 4 members (excludes halogenated alkanes) is 2. The van der Waals surface area contributed by atoms with Crippen molar-refractivity contribution >= 4 is 26.8 Å². The first-order chi connectivity index (χ1) is 8.70. The van der Waals surface area contributed by atoms with Crippen LogP contribution in [0.5, 0.6) is 0 Å². The molecule has 0 saturated carbocycles. The van der Waals surface area contributed by atoms with Crippen molar-refractivity contribution in [3.63, 3.8) is 0 Å². The van der Waals surface area contributed by atoms with Crippen LogP contribution < -0.4 is 0 Å². The number of hydrogen-bond donors (Lipinski definition) is 0. The number of halogens is 1. The minimum atomic E-state index is 0. The highest BCUT2D eigenvalue weighted by Crippen LogP contribution is 2.38. The molecule has 0 bridgehead atoms. The molecule has 0 aromatic carbocycles. The first kappa shape index (κ1) is 17.1. The lowest BCUT2D eigenvalue weighted by Crippen LogP contribution is -2.29. The summed E-state index contributed by atoms with van der Waals surface area (Å²) in [5, 5.41) is 1.22. The Morgan fingerprint density at radius 1 is 1.32 bits per heavy atom. The van der Waals surface area contributed by atoms with Gasteiger partial charge in [-0.05, 0) is 48.6 Å². The molecule has 0 N–H and O–H groups in total. The van der Waals surface area contributed by atoms with E-state index >= 15 is 0 Å². The van der Waals surface area contributed by atoms with E-state index in [2.05, 4.69) is 35.7 Å². The first-order valence-electron chi connectivity index (χ1n) is 6.75. The number of aliphatic imine (C=N–C) groups is 1. The predicted octanol–water partition coefficient (Wildman–Crippen LogP) is 2.50. The molecule has 7 heteroatoms. The molecule has 2 aliphatic heterocycles. The molecule has 0 aromatic rings. The van der Waals surface area contributed by atoms with E-state index in [1.165, 1.54) is 37.5 Å². The topological polar surface area (TPSA) is 22.1 Å². The molecule has 1 fully saturated rings. The second-order valence-electron chi connectivity index (χ2n) is 5.11. The van der Waals surface area contributed by atoms with Crippen molar-refractivity contribution in [2.45, 2.75) is 31.7 Å². The van der Waals surface area contributed by atoms with Crippen LogP contribution in [0.25, 0.3) is 0 Å². The first-order valence-corrected chi connectivity index (χ1v) is 8.97. The molecule has 19 heavy (non-hydrogen) atoms. The summed E-state index contributed by atoms with van der Waals surface area (Å²) < 4.78 is 0. The lowest BCUT2D eigenvalue weighted by atomic mass is 10.2. The van der Waals surface area contributed by atoms with Crippen molar-refractivity contribution in [2.24, 2.45) is 4.99 Å². The van der Waals surface area contributed by atoms with Gasteiger partial charge in [-0.3, -0.25) is 14.5 Å². The Bertz CT molecular complexity index is 301. The lowest BCUT2D eigenvalue weighted by molar-refractivity contribution is 0.295. The molecule has 1 saturated heterocycles. The van der Waals surface area contributed by atoms with Crippen molar-refractivity contribution in [3.05, 3.63) is 0 Å². The van der Waals surface area contributed by atoms with Crippen molar-refractivity contribution in [1.29, 1.82) is 0 Å². The summed E-state index contributed by atoms with van der Waals surface area (Å²) in [4.78, 5) is 11.9. The SMILES string of the molecule is CCCCCN1CCN(C2=NC(N(C)C)SS2)C1.F. The molecule has 0 aliphatic carbocycles. The van der Waals surface area contributed by atoms with Gasteiger partial charge < -0.3 is 4.90 Å². The fraction of sp³-hybridized carbons (Fsp3) is 0.917. The van der Waals surface area contributed by atoms with Gasteiger partial charge in [0, 0.05) is 13.1 Å². The van der Waals surface area contributed by atoms with E-state index in [1.807, 2.05) is 21.6 Å². The maximum Gasteiger partial charge on any atom is 0.173 e. The zero-order valence-corrected chi connectivity index (χ0v) is 13.7. The predicted molar refractivity (Wildman–Crippen MR) is 85.3 cm³/mol. The van der Waals surface area contributed by atoms with E-state index in [1.54, 1.807) is 0 Å². The number of amidine groups is 1. The Hall–Kier alpha value is 0.0200. The van der Waals surface area contributed by atoms with Crippen molar-refractivity contribution in [3.8, 4) is 0 Å². The van der Waals surface area contributed by atoms with Crippen LogP contribution in [0.2, 0.25) is 0 Å². The van der Waals surface area contributed by atoms with Gasteiger partial charge >= 0.3 is 0 Å². The molecular formula is C12H25FN4S2. The third kappa shape index (κ3) is 4.81. The summed E-state index contributed by atoms with van der Waals surface area (Å²) in [6.07, 6.45) is 3.99. The minimum Gasteiger partial charge on any atom is -0.336 e. The van der Waals surface area contributed by atoms with E-state index in [9.17, 15) is 0 Å². The summed E-state index contributed by atoms with van der Waals surface area (Å²) in [6.45, 7) is 6.90. The zero-order chi connectivity index (χ0) is 13.0. The van der Waals surface area contributed by atoms with Crippen LogP contribution in [0.3, 0.4) is 0 Å².